The van der Waals surface area contributed by atoms with E-state index in [4.69, 9.17) is 0 Å². The van der Waals surface area contributed by atoms with E-state index in [2.05, 4.69) is 55.6 Å². The smallest absolute Gasteiger partial charge is 0.0361 e. The number of hydrogen-bond acceptors (Lipinski definition) is 2. The Hall–Kier alpha value is -1.02. The summed E-state index contributed by atoms with van der Waals surface area (Å²) in [6.45, 7) is 0. The Morgan fingerprint density at radius 2 is 1.78 bits per heavy atom. The molecule has 1 aromatic carbocycles. The second-order valence-corrected chi connectivity index (χ2v) is 5.71. The molecular weight excluding hydrogens is 220 g/mol. The Morgan fingerprint density at radius 3 is 2.28 bits per heavy atom. The average molecular weight is 246 g/mol. The fourth-order valence-electron chi connectivity index (χ4n) is 3.00. The molecule has 0 aromatic heterocycles. The lowest BCUT2D eigenvalue weighted by molar-refractivity contribution is 0.413. The summed E-state index contributed by atoms with van der Waals surface area (Å²) >= 11 is 0. The molecule has 0 spiro atoms. The lowest BCUT2D eigenvalue weighted by atomic mass is 9.93. The summed E-state index contributed by atoms with van der Waals surface area (Å²) in [6, 6.07) is 9.49. The molecule has 0 saturated heterocycles. The fraction of sp³-hybridized carbons (Fsp3) is 0.625. The Morgan fingerprint density at radius 1 is 1.17 bits per heavy atom. The number of rotatable bonds is 5. The summed E-state index contributed by atoms with van der Waals surface area (Å²) < 4.78 is 0. The summed E-state index contributed by atoms with van der Waals surface area (Å²) in [4.78, 5) is 2.15. The van der Waals surface area contributed by atoms with Crippen LogP contribution in [0.3, 0.4) is 0 Å². The minimum absolute atomic E-state index is 0.518. The Bertz CT molecular complexity index is 350. The molecule has 0 bridgehead atoms. The first-order valence-electron chi connectivity index (χ1n) is 7.15. The molecule has 100 valence electrons. The molecule has 18 heavy (non-hydrogen) atoms. The van der Waals surface area contributed by atoms with Gasteiger partial charge >= 0.3 is 0 Å². The van der Waals surface area contributed by atoms with Crippen LogP contribution in [0.25, 0.3) is 0 Å². The second-order valence-electron chi connectivity index (χ2n) is 5.71. The van der Waals surface area contributed by atoms with Crippen LogP contribution in [-0.2, 0) is 0 Å². The predicted octanol–water partition coefficient (Wildman–Crippen LogP) is 3.59. The van der Waals surface area contributed by atoms with Crippen molar-refractivity contribution in [2.75, 3.05) is 26.0 Å². The molecule has 1 saturated carbocycles. The molecule has 1 aliphatic rings. The third-order valence-corrected chi connectivity index (χ3v) is 4.20. The summed E-state index contributed by atoms with van der Waals surface area (Å²) in [5.41, 5.74) is 2.70. The van der Waals surface area contributed by atoms with Gasteiger partial charge in [0.1, 0.15) is 0 Å². The van der Waals surface area contributed by atoms with Gasteiger partial charge in [-0.25, -0.2) is 0 Å². The van der Waals surface area contributed by atoms with Crippen LogP contribution in [0.15, 0.2) is 24.3 Å². The van der Waals surface area contributed by atoms with E-state index in [0.717, 1.165) is 5.92 Å². The van der Waals surface area contributed by atoms with Crippen molar-refractivity contribution >= 4 is 5.69 Å². The molecule has 1 aliphatic carbocycles. The normalized spacial score (nSPS) is 17.9. The molecule has 0 radical (unpaired) electrons. The van der Waals surface area contributed by atoms with E-state index < -0.39 is 0 Å². The molecular formula is C16H26N2. The third kappa shape index (κ3) is 3.26. The second kappa shape index (κ2) is 6.24. The van der Waals surface area contributed by atoms with Gasteiger partial charge in [0, 0.05) is 25.8 Å². The van der Waals surface area contributed by atoms with E-state index in [1.54, 1.807) is 0 Å². The van der Waals surface area contributed by atoms with Crippen molar-refractivity contribution in [1.29, 1.82) is 0 Å². The number of nitrogens with one attached hydrogen (secondary N) is 1. The van der Waals surface area contributed by atoms with Crippen LogP contribution >= 0.6 is 0 Å². The number of anilines is 1. The average Bonchev–Trinajstić information content (AvgIpc) is 2.89. The fourth-order valence-corrected chi connectivity index (χ4v) is 3.00. The highest BCUT2D eigenvalue weighted by Gasteiger charge is 2.20. The van der Waals surface area contributed by atoms with Crippen molar-refractivity contribution in [1.82, 2.24) is 5.32 Å². The number of hydrogen-bond donors (Lipinski definition) is 1. The van der Waals surface area contributed by atoms with Gasteiger partial charge in [-0.05, 0) is 37.1 Å². The predicted molar refractivity (Wildman–Crippen MR) is 79.1 cm³/mol. The molecule has 2 nitrogen and oxygen atoms in total. The number of nitrogens with zero attached hydrogens (tertiary/aromatic N) is 1. The van der Waals surface area contributed by atoms with Gasteiger partial charge in [-0.1, -0.05) is 37.8 Å². The number of benzene rings is 1. The lowest BCUT2D eigenvalue weighted by Gasteiger charge is -2.21. The lowest BCUT2D eigenvalue weighted by Crippen LogP contribution is -2.19. The van der Waals surface area contributed by atoms with E-state index in [1.807, 2.05) is 0 Å². The van der Waals surface area contributed by atoms with E-state index in [1.165, 1.54) is 43.4 Å². The van der Waals surface area contributed by atoms with Crippen LogP contribution in [0.1, 0.15) is 43.7 Å². The summed E-state index contributed by atoms with van der Waals surface area (Å²) in [7, 11) is 6.26. The molecule has 0 heterocycles. The van der Waals surface area contributed by atoms with Gasteiger partial charge in [0.2, 0.25) is 0 Å². The topological polar surface area (TPSA) is 15.3 Å². The van der Waals surface area contributed by atoms with Crippen molar-refractivity contribution in [3.63, 3.8) is 0 Å². The van der Waals surface area contributed by atoms with Crippen molar-refractivity contribution < 1.29 is 0 Å². The molecule has 1 fully saturated rings. The van der Waals surface area contributed by atoms with Gasteiger partial charge in [-0.3, -0.25) is 0 Å². The van der Waals surface area contributed by atoms with Gasteiger partial charge in [0.05, 0.1) is 0 Å². The molecule has 1 atom stereocenters. The summed E-state index contributed by atoms with van der Waals surface area (Å²) in [5, 5.41) is 3.48. The molecule has 2 rings (SSSR count). The highest BCUT2D eigenvalue weighted by molar-refractivity contribution is 5.46. The van der Waals surface area contributed by atoms with Gasteiger partial charge < -0.3 is 10.2 Å². The maximum atomic E-state index is 3.48. The van der Waals surface area contributed by atoms with E-state index in [0.29, 0.717) is 6.04 Å². The quantitative estimate of drug-likeness (QED) is 0.854. The van der Waals surface area contributed by atoms with Crippen LogP contribution < -0.4 is 10.2 Å². The minimum atomic E-state index is 0.518. The van der Waals surface area contributed by atoms with Crippen molar-refractivity contribution in [2.45, 2.75) is 38.1 Å². The highest BCUT2D eigenvalue weighted by Crippen LogP contribution is 2.33. The third-order valence-electron chi connectivity index (χ3n) is 4.20. The van der Waals surface area contributed by atoms with Gasteiger partial charge in [-0.15, -0.1) is 0 Å². The SMILES string of the molecule is CNC(CC1CCCC1)c1ccc(N(C)C)cc1. The maximum absolute atomic E-state index is 3.48. The van der Waals surface area contributed by atoms with Gasteiger partial charge in [0.15, 0.2) is 0 Å². The first kappa shape index (κ1) is 13.4. The molecule has 1 aromatic rings. The van der Waals surface area contributed by atoms with E-state index in [-0.39, 0.29) is 0 Å². The Balaban J connectivity index is 2.02. The van der Waals surface area contributed by atoms with Crippen LogP contribution in [0.2, 0.25) is 0 Å². The largest absolute Gasteiger partial charge is 0.378 e. The van der Waals surface area contributed by atoms with Crippen molar-refractivity contribution in [2.24, 2.45) is 5.92 Å². The summed E-state index contributed by atoms with van der Waals surface area (Å²) in [6.07, 6.45) is 7.00. The molecule has 1 N–H and O–H groups in total. The van der Waals surface area contributed by atoms with E-state index in [9.17, 15) is 0 Å². The standard InChI is InChI=1S/C16H26N2/c1-17-16(12-13-6-4-5-7-13)14-8-10-15(11-9-14)18(2)3/h8-11,13,16-17H,4-7,12H2,1-3H3. The summed E-state index contributed by atoms with van der Waals surface area (Å²) in [5.74, 6) is 0.927. The first-order chi connectivity index (χ1) is 8.70. The van der Waals surface area contributed by atoms with Crippen LogP contribution in [0.4, 0.5) is 5.69 Å². The van der Waals surface area contributed by atoms with Crippen LogP contribution in [0.5, 0.6) is 0 Å². The zero-order valence-electron chi connectivity index (χ0n) is 11.9. The zero-order chi connectivity index (χ0) is 13.0. The molecule has 0 amide bonds. The molecule has 2 heteroatoms. The highest BCUT2D eigenvalue weighted by atomic mass is 15.1. The zero-order valence-corrected chi connectivity index (χ0v) is 11.9. The van der Waals surface area contributed by atoms with Crippen molar-refractivity contribution in [3.8, 4) is 0 Å². The Labute approximate surface area is 111 Å². The minimum Gasteiger partial charge on any atom is -0.378 e. The molecule has 0 aliphatic heterocycles. The van der Waals surface area contributed by atoms with Gasteiger partial charge in [-0.2, -0.15) is 0 Å². The van der Waals surface area contributed by atoms with Crippen molar-refractivity contribution in [3.05, 3.63) is 29.8 Å². The van der Waals surface area contributed by atoms with Crippen LogP contribution in [0, 0.1) is 5.92 Å². The molecule has 1 unspecified atom stereocenters. The monoisotopic (exact) mass is 246 g/mol. The van der Waals surface area contributed by atoms with Gasteiger partial charge in [0.25, 0.3) is 0 Å². The Kier molecular flexibility index (Phi) is 4.65. The van der Waals surface area contributed by atoms with Crippen LogP contribution in [-0.4, -0.2) is 21.1 Å². The maximum Gasteiger partial charge on any atom is 0.0361 e. The van der Waals surface area contributed by atoms with E-state index >= 15 is 0 Å². The first-order valence-corrected chi connectivity index (χ1v) is 7.15.